The van der Waals surface area contributed by atoms with Gasteiger partial charge in [0.05, 0.1) is 6.54 Å². The van der Waals surface area contributed by atoms with Crippen molar-refractivity contribution in [2.75, 3.05) is 0 Å². The van der Waals surface area contributed by atoms with Crippen molar-refractivity contribution in [1.82, 2.24) is 20.1 Å². The number of hydrogen-bond acceptors (Lipinski definition) is 4. The fourth-order valence-electron chi connectivity index (χ4n) is 3.76. The minimum atomic E-state index is -0.323. The second-order valence-corrected chi connectivity index (χ2v) is 9.69. The molecule has 0 saturated heterocycles. The molecule has 8 heteroatoms. The monoisotopic (exact) mass is 546 g/mol. The van der Waals surface area contributed by atoms with E-state index < -0.39 is 0 Å². The van der Waals surface area contributed by atoms with Crippen LogP contribution in [0.15, 0.2) is 101 Å². The van der Waals surface area contributed by atoms with Crippen LogP contribution in [0.4, 0.5) is 4.39 Å². The molecule has 0 spiro atoms. The standard InChI is InChI=1S/C27H20BrFN4OS/c28-20-10-8-18(9-11-20)17-35-27-32-31-25(33(27)22-14-12-21(29)13-15-22)16-30-26(34)24-7-3-5-19-4-1-2-6-23(19)24/h1-15H,16-17H2,(H,30,34). The molecule has 0 bridgehead atoms. The molecule has 174 valence electrons. The molecular weight excluding hydrogens is 527 g/mol. The summed E-state index contributed by atoms with van der Waals surface area (Å²) in [5.74, 6) is 0.731. The number of amides is 1. The van der Waals surface area contributed by atoms with E-state index in [0.29, 0.717) is 22.3 Å². The lowest BCUT2D eigenvalue weighted by molar-refractivity contribution is 0.0951. The third-order valence-corrected chi connectivity index (χ3v) is 7.04. The molecule has 1 N–H and O–H groups in total. The van der Waals surface area contributed by atoms with Gasteiger partial charge in [-0.25, -0.2) is 4.39 Å². The van der Waals surface area contributed by atoms with E-state index in [1.54, 1.807) is 12.1 Å². The molecule has 0 aliphatic carbocycles. The highest BCUT2D eigenvalue weighted by Crippen LogP contribution is 2.26. The third-order valence-electron chi connectivity index (χ3n) is 5.51. The Labute approximate surface area is 214 Å². The van der Waals surface area contributed by atoms with Crippen molar-refractivity contribution < 1.29 is 9.18 Å². The Bertz CT molecular complexity index is 1480. The quantitative estimate of drug-likeness (QED) is 0.235. The molecular formula is C27H20BrFN4OS. The van der Waals surface area contributed by atoms with Crippen molar-refractivity contribution >= 4 is 44.4 Å². The van der Waals surface area contributed by atoms with Crippen LogP contribution in [0.25, 0.3) is 16.5 Å². The number of benzene rings is 4. The zero-order valence-corrected chi connectivity index (χ0v) is 20.9. The summed E-state index contributed by atoms with van der Waals surface area (Å²) in [5, 5.41) is 14.2. The number of nitrogens with zero attached hydrogens (tertiary/aromatic N) is 3. The number of nitrogens with one attached hydrogen (secondary N) is 1. The molecule has 1 aromatic heterocycles. The smallest absolute Gasteiger partial charge is 0.252 e. The van der Waals surface area contributed by atoms with Crippen LogP contribution in [-0.4, -0.2) is 20.7 Å². The molecule has 0 atom stereocenters. The van der Waals surface area contributed by atoms with Crippen molar-refractivity contribution in [3.05, 3.63) is 118 Å². The number of rotatable bonds is 7. The van der Waals surface area contributed by atoms with Gasteiger partial charge in [-0.1, -0.05) is 76.2 Å². The Hall–Kier alpha value is -3.49. The van der Waals surface area contributed by atoms with Crippen LogP contribution in [-0.2, 0) is 12.3 Å². The number of halogens is 2. The third kappa shape index (κ3) is 5.28. The van der Waals surface area contributed by atoms with Crippen LogP contribution in [0, 0.1) is 5.82 Å². The van der Waals surface area contributed by atoms with Gasteiger partial charge in [-0.15, -0.1) is 10.2 Å². The van der Waals surface area contributed by atoms with E-state index in [4.69, 9.17) is 0 Å². The van der Waals surface area contributed by atoms with Gasteiger partial charge >= 0.3 is 0 Å². The average molecular weight is 547 g/mol. The maximum absolute atomic E-state index is 13.6. The van der Waals surface area contributed by atoms with E-state index in [0.717, 1.165) is 26.5 Å². The second kappa shape index (κ2) is 10.4. The Morgan fingerprint density at radius 1 is 0.914 bits per heavy atom. The van der Waals surface area contributed by atoms with Gasteiger partial charge in [0.2, 0.25) is 0 Å². The Morgan fingerprint density at radius 2 is 1.66 bits per heavy atom. The summed E-state index contributed by atoms with van der Waals surface area (Å²) in [6.07, 6.45) is 0. The van der Waals surface area contributed by atoms with Crippen molar-refractivity contribution in [1.29, 1.82) is 0 Å². The van der Waals surface area contributed by atoms with Crippen LogP contribution in [0.5, 0.6) is 0 Å². The molecule has 1 heterocycles. The fraction of sp³-hybridized carbons (Fsp3) is 0.0741. The molecule has 0 saturated carbocycles. The molecule has 0 fully saturated rings. The topological polar surface area (TPSA) is 59.8 Å². The number of aromatic nitrogens is 3. The SMILES string of the molecule is O=C(NCc1nnc(SCc2ccc(Br)cc2)n1-c1ccc(F)cc1)c1cccc2ccccc12. The van der Waals surface area contributed by atoms with E-state index in [1.807, 2.05) is 71.3 Å². The van der Waals surface area contributed by atoms with Crippen molar-refractivity contribution in [3.63, 3.8) is 0 Å². The number of carbonyl (C=O) groups is 1. The minimum Gasteiger partial charge on any atom is -0.345 e. The van der Waals surface area contributed by atoms with Crippen LogP contribution < -0.4 is 5.32 Å². The molecule has 4 aromatic carbocycles. The maximum Gasteiger partial charge on any atom is 0.252 e. The molecule has 5 aromatic rings. The second-order valence-electron chi connectivity index (χ2n) is 7.84. The van der Waals surface area contributed by atoms with Gasteiger partial charge in [0, 0.05) is 21.5 Å². The fourth-order valence-corrected chi connectivity index (χ4v) is 4.96. The Morgan fingerprint density at radius 3 is 2.46 bits per heavy atom. The summed E-state index contributed by atoms with van der Waals surface area (Å²) in [7, 11) is 0. The molecule has 1 amide bonds. The molecule has 0 radical (unpaired) electrons. The summed E-state index contributed by atoms with van der Waals surface area (Å²) < 4.78 is 16.5. The molecule has 0 unspecified atom stereocenters. The van der Waals surface area contributed by atoms with E-state index in [9.17, 15) is 9.18 Å². The van der Waals surface area contributed by atoms with Gasteiger partial charge in [-0.2, -0.15) is 0 Å². The first-order valence-electron chi connectivity index (χ1n) is 10.9. The Balaban J connectivity index is 1.40. The number of thioether (sulfide) groups is 1. The average Bonchev–Trinajstić information content (AvgIpc) is 3.29. The lowest BCUT2D eigenvalue weighted by Gasteiger charge is -2.12. The van der Waals surface area contributed by atoms with Gasteiger partial charge in [0.1, 0.15) is 5.82 Å². The van der Waals surface area contributed by atoms with Gasteiger partial charge in [-0.3, -0.25) is 9.36 Å². The molecule has 5 nitrogen and oxygen atoms in total. The van der Waals surface area contributed by atoms with Crippen LogP contribution in [0.1, 0.15) is 21.7 Å². The van der Waals surface area contributed by atoms with Crippen molar-refractivity contribution in [2.24, 2.45) is 0 Å². The van der Waals surface area contributed by atoms with Crippen LogP contribution in [0.2, 0.25) is 0 Å². The lowest BCUT2D eigenvalue weighted by atomic mass is 10.0. The van der Waals surface area contributed by atoms with E-state index in [1.165, 1.54) is 23.9 Å². The normalized spacial score (nSPS) is 11.0. The van der Waals surface area contributed by atoms with E-state index in [-0.39, 0.29) is 18.3 Å². The number of fused-ring (bicyclic) bond motifs is 1. The predicted molar refractivity (Wildman–Crippen MR) is 140 cm³/mol. The molecule has 35 heavy (non-hydrogen) atoms. The van der Waals surface area contributed by atoms with E-state index >= 15 is 0 Å². The number of hydrogen-bond donors (Lipinski definition) is 1. The predicted octanol–water partition coefficient (Wildman–Crippen LogP) is 6.54. The molecule has 0 aliphatic heterocycles. The zero-order valence-electron chi connectivity index (χ0n) is 18.5. The summed E-state index contributed by atoms with van der Waals surface area (Å²) >= 11 is 4.98. The van der Waals surface area contributed by atoms with Crippen molar-refractivity contribution in [2.45, 2.75) is 17.5 Å². The van der Waals surface area contributed by atoms with Gasteiger partial charge < -0.3 is 5.32 Å². The maximum atomic E-state index is 13.6. The Kier molecular flexibility index (Phi) is 6.92. The first-order chi connectivity index (χ1) is 17.1. The highest BCUT2D eigenvalue weighted by molar-refractivity contribution is 9.10. The van der Waals surface area contributed by atoms with Gasteiger partial charge in [-0.05, 0) is 58.8 Å². The molecule has 0 aliphatic rings. The summed E-state index contributed by atoms with van der Waals surface area (Å²) in [6, 6.07) is 27.7. The number of carbonyl (C=O) groups excluding carboxylic acids is 1. The first kappa shape index (κ1) is 23.3. The van der Waals surface area contributed by atoms with Crippen LogP contribution >= 0.6 is 27.7 Å². The molecule has 5 rings (SSSR count). The summed E-state index contributed by atoms with van der Waals surface area (Å²) in [4.78, 5) is 13.0. The van der Waals surface area contributed by atoms with Crippen LogP contribution in [0.3, 0.4) is 0 Å². The highest BCUT2D eigenvalue weighted by Gasteiger charge is 2.17. The van der Waals surface area contributed by atoms with Gasteiger partial charge in [0.15, 0.2) is 11.0 Å². The van der Waals surface area contributed by atoms with E-state index in [2.05, 4.69) is 31.4 Å². The lowest BCUT2D eigenvalue weighted by Crippen LogP contribution is -2.25. The van der Waals surface area contributed by atoms with Crippen molar-refractivity contribution in [3.8, 4) is 5.69 Å². The summed E-state index contributed by atoms with van der Waals surface area (Å²) in [6.45, 7) is 0.172. The first-order valence-corrected chi connectivity index (χ1v) is 12.7. The zero-order chi connectivity index (χ0) is 24.2. The largest absolute Gasteiger partial charge is 0.345 e. The highest BCUT2D eigenvalue weighted by atomic mass is 79.9. The van der Waals surface area contributed by atoms with Gasteiger partial charge in [0.25, 0.3) is 5.91 Å². The minimum absolute atomic E-state index is 0.172. The summed E-state index contributed by atoms with van der Waals surface area (Å²) in [5.41, 5.74) is 2.46.